The average Bonchev–Trinajstić information content (AvgIpc) is 2.85. The number of carbonyl (C=O) groups excluding carboxylic acids is 1. The molecule has 0 aliphatic carbocycles. The number of thioether (sulfide) groups is 1. The van der Waals surface area contributed by atoms with Crippen LogP contribution >= 0.6 is 11.8 Å². The van der Waals surface area contributed by atoms with Crippen LogP contribution in [0.15, 0.2) is 38.8 Å². The molecule has 1 unspecified atom stereocenters. The number of aromatic nitrogens is 3. The van der Waals surface area contributed by atoms with Gasteiger partial charge >= 0.3 is 11.7 Å². The molecule has 0 saturated carbocycles. The number of carbonyl (C=O) groups is 1. The molecule has 0 bridgehead atoms. The second-order valence-electron chi connectivity index (χ2n) is 8.85. The van der Waals surface area contributed by atoms with E-state index in [0.717, 1.165) is 36.1 Å². The van der Waals surface area contributed by atoms with E-state index in [4.69, 9.17) is 4.74 Å². The maximum Gasteiger partial charge on any atom is 0.347 e. The normalized spacial score (nSPS) is 12.8. The van der Waals surface area contributed by atoms with Gasteiger partial charge in [-0.05, 0) is 50.8 Å². The van der Waals surface area contributed by atoms with Gasteiger partial charge < -0.3 is 10.1 Å². The summed E-state index contributed by atoms with van der Waals surface area (Å²) in [6.07, 6.45) is 6.59. The van der Waals surface area contributed by atoms with Crippen molar-refractivity contribution in [1.82, 2.24) is 14.3 Å². The van der Waals surface area contributed by atoms with E-state index in [9.17, 15) is 14.4 Å². The summed E-state index contributed by atoms with van der Waals surface area (Å²) in [6, 6.07) is 8.05. The average molecular weight is 505 g/mol. The lowest BCUT2D eigenvalue weighted by atomic mass is 10.1. The summed E-state index contributed by atoms with van der Waals surface area (Å²) in [5, 5.41) is 7.23. The molecule has 0 saturated heterocycles. The molecule has 2 aromatic rings. The third kappa shape index (κ3) is 8.26. The Balaban J connectivity index is 1.97. The maximum absolute atomic E-state index is 12.8. The second-order valence-corrected chi connectivity index (χ2v) is 10.4. The Labute approximate surface area is 212 Å². The second kappa shape index (κ2) is 14.1. The van der Waals surface area contributed by atoms with Crippen LogP contribution in [0.1, 0.15) is 71.8 Å². The van der Waals surface area contributed by atoms with Gasteiger partial charge in [0.2, 0.25) is 5.82 Å². The Morgan fingerprint density at radius 1 is 1.09 bits per heavy atom. The fourth-order valence-electron chi connectivity index (χ4n) is 3.66. The highest BCUT2D eigenvalue weighted by atomic mass is 32.2. The molecule has 35 heavy (non-hydrogen) atoms. The molecule has 0 radical (unpaired) electrons. The Kier molecular flexibility index (Phi) is 11.6. The maximum atomic E-state index is 12.8. The zero-order valence-corrected chi connectivity index (χ0v) is 22.6. The van der Waals surface area contributed by atoms with Gasteiger partial charge in [0.25, 0.3) is 5.56 Å². The number of aryl methyl sites for hydroxylation is 1. The standard InChI is InChI=1S/C26H40N4O4S/c1-6-9-10-11-12-19-30-23(31)22(28-29(5)25(30)33)27-18-17-20-13-15-21(16-14-20)35-26(4,7-2)24(32)34-8-3/h13-16H,6-12,17-19H2,1-5H3,(H,27,28). The van der Waals surface area contributed by atoms with Gasteiger partial charge in [0.05, 0.1) is 6.61 Å². The van der Waals surface area contributed by atoms with E-state index in [0.29, 0.717) is 32.5 Å². The molecule has 0 aliphatic rings. The first-order chi connectivity index (χ1) is 16.8. The van der Waals surface area contributed by atoms with E-state index in [1.165, 1.54) is 27.4 Å². The van der Waals surface area contributed by atoms with Gasteiger partial charge in [0, 0.05) is 25.0 Å². The monoisotopic (exact) mass is 504 g/mol. The number of nitrogens with zero attached hydrogens (tertiary/aromatic N) is 3. The van der Waals surface area contributed by atoms with Gasteiger partial charge in [-0.2, -0.15) is 0 Å². The van der Waals surface area contributed by atoms with E-state index in [2.05, 4.69) is 17.3 Å². The summed E-state index contributed by atoms with van der Waals surface area (Å²) in [5.74, 6) is -0.00173. The SMILES string of the molecule is CCCCCCCn1c(=O)c(NCCc2ccc(SC(C)(CC)C(=O)OCC)cc2)nn(C)c1=O. The smallest absolute Gasteiger partial charge is 0.347 e. The first kappa shape index (κ1) is 28.7. The fourth-order valence-corrected chi connectivity index (χ4v) is 4.74. The zero-order chi connectivity index (χ0) is 25.8. The van der Waals surface area contributed by atoms with Crippen molar-refractivity contribution in [3.8, 4) is 0 Å². The van der Waals surface area contributed by atoms with E-state index < -0.39 is 4.75 Å². The highest BCUT2D eigenvalue weighted by Crippen LogP contribution is 2.36. The molecule has 1 heterocycles. The van der Waals surface area contributed by atoms with Crippen LogP contribution in [0.3, 0.4) is 0 Å². The van der Waals surface area contributed by atoms with Gasteiger partial charge in [0.1, 0.15) is 4.75 Å². The number of anilines is 1. The molecule has 0 spiro atoms. The van der Waals surface area contributed by atoms with Crippen molar-refractivity contribution < 1.29 is 9.53 Å². The number of rotatable bonds is 15. The fraction of sp³-hybridized carbons (Fsp3) is 0.615. The molecule has 0 fully saturated rings. The van der Waals surface area contributed by atoms with Crippen molar-refractivity contribution in [2.24, 2.45) is 7.05 Å². The van der Waals surface area contributed by atoms with E-state index in [-0.39, 0.29) is 23.0 Å². The van der Waals surface area contributed by atoms with Crippen molar-refractivity contribution in [3.63, 3.8) is 0 Å². The quantitative estimate of drug-likeness (QED) is 0.218. The van der Waals surface area contributed by atoms with E-state index in [1.54, 1.807) is 7.05 Å². The molecule has 2 rings (SSSR count). The van der Waals surface area contributed by atoms with E-state index >= 15 is 0 Å². The predicted octanol–water partition coefficient (Wildman–Crippen LogP) is 4.39. The molecule has 1 atom stereocenters. The van der Waals surface area contributed by atoms with Gasteiger partial charge in [-0.3, -0.25) is 14.2 Å². The number of benzene rings is 1. The largest absolute Gasteiger partial charge is 0.465 e. The Morgan fingerprint density at radius 3 is 2.40 bits per heavy atom. The van der Waals surface area contributed by atoms with Crippen molar-refractivity contribution in [3.05, 3.63) is 50.7 Å². The lowest BCUT2D eigenvalue weighted by Crippen LogP contribution is -2.42. The van der Waals surface area contributed by atoms with Gasteiger partial charge in [-0.25, -0.2) is 9.48 Å². The number of unbranched alkanes of at least 4 members (excludes halogenated alkanes) is 4. The number of ether oxygens (including phenoxy) is 1. The topological polar surface area (TPSA) is 95.2 Å². The Morgan fingerprint density at radius 2 is 1.77 bits per heavy atom. The van der Waals surface area contributed by atoms with Gasteiger partial charge in [-0.15, -0.1) is 16.9 Å². The van der Waals surface area contributed by atoms with Crippen LogP contribution in [0.5, 0.6) is 0 Å². The van der Waals surface area contributed by atoms with Crippen LogP contribution in [0.4, 0.5) is 5.82 Å². The number of hydrogen-bond donors (Lipinski definition) is 1. The summed E-state index contributed by atoms with van der Waals surface area (Å²) < 4.78 is 7.11. The highest BCUT2D eigenvalue weighted by Gasteiger charge is 2.34. The molecule has 0 amide bonds. The number of hydrogen-bond acceptors (Lipinski definition) is 7. The van der Waals surface area contributed by atoms with Crippen molar-refractivity contribution in [1.29, 1.82) is 0 Å². The third-order valence-corrected chi connectivity index (χ3v) is 7.46. The first-order valence-corrected chi connectivity index (χ1v) is 13.4. The minimum Gasteiger partial charge on any atom is -0.465 e. The Hall–Kier alpha value is -2.55. The summed E-state index contributed by atoms with van der Waals surface area (Å²) in [6.45, 7) is 9.16. The van der Waals surface area contributed by atoms with Crippen LogP contribution in [-0.2, 0) is 29.5 Å². The number of esters is 1. The molecule has 1 aromatic heterocycles. The molecule has 194 valence electrons. The molecular weight excluding hydrogens is 464 g/mol. The first-order valence-electron chi connectivity index (χ1n) is 12.6. The predicted molar refractivity (Wildman–Crippen MR) is 142 cm³/mol. The lowest BCUT2D eigenvalue weighted by Gasteiger charge is -2.25. The van der Waals surface area contributed by atoms with Crippen molar-refractivity contribution >= 4 is 23.5 Å². The minimum absolute atomic E-state index is 0.195. The summed E-state index contributed by atoms with van der Waals surface area (Å²) in [5.41, 5.74) is 0.344. The summed E-state index contributed by atoms with van der Waals surface area (Å²) in [4.78, 5) is 38.5. The highest BCUT2D eigenvalue weighted by molar-refractivity contribution is 8.01. The van der Waals surface area contributed by atoms with Crippen molar-refractivity contribution in [2.45, 2.75) is 88.8 Å². The molecular formula is C26H40N4O4S. The Bertz CT molecular complexity index is 1060. The third-order valence-electron chi connectivity index (χ3n) is 6.05. The lowest BCUT2D eigenvalue weighted by molar-refractivity contribution is -0.145. The molecule has 1 N–H and O–H groups in total. The zero-order valence-electron chi connectivity index (χ0n) is 21.8. The number of nitrogens with one attached hydrogen (secondary N) is 1. The van der Waals surface area contributed by atoms with Gasteiger partial charge in [0.15, 0.2) is 0 Å². The van der Waals surface area contributed by atoms with Crippen LogP contribution in [0, 0.1) is 0 Å². The molecule has 1 aromatic carbocycles. The van der Waals surface area contributed by atoms with Crippen LogP contribution in [0.25, 0.3) is 0 Å². The van der Waals surface area contributed by atoms with Crippen LogP contribution in [-0.4, -0.2) is 38.2 Å². The van der Waals surface area contributed by atoms with Gasteiger partial charge in [-0.1, -0.05) is 51.7 Å². The minimum atomic E-state index is -0.621. The molecule has 9 heteroatoms. The van der Waals surface area contributed by atoms with Crippen molar-refractivity contribution in [2.75, 3.05) is 18.5 Å². The van der Waals surface area contributed by atoms with Crippen LogP contribution in [0.2, 0.25) is 0 Å². The summed E-state index contributed by atoms with van der Waals surface area (Å²) >= 11 is 1.51. The summed E-state index contributed by atoms with van der Waals surface area (Å²) in [7, 11) is 1.57. The molecule has 8 nitrogen and oxygen atoms in total. The van der Waals surface area contributed by atoms with E-state index in [1.807, 2.05) is 45.0 Å². The molecule has 0 aliphatic heterocycles. The van der Waals surface area contributed by atoms with Crippen LogP contribution < -0.4 is 16.6 Å².